The lowest BCUT2D eigenvalue weighted by Gasteiger charge is -2.19. The molecule has 1 saturated heterocycles. The van der Waals surface area contributed by atoms with Crippen molar-refractivity contribution in [3.05, 3.63) is 0 Å². The van der Waals surface area contributed by atoms with Crippen molar-refractivity contribution < 1.29 is 18.0 Å². The fourth-order valence-electron chi connectivity index (χ4n) is 2.04. The second kappa shape index (κ2) is 9.31. The third-order valence-electron chi connectivity index (χ3n) is 3.11. The minimum atomic E-state index is -4.18. The number of rotatable bonds is 4. The third kappa shape index (κ3) is 7.72. The first-order chi connectivity index (χ1) is 9.35. The van der Waals surface area contributed by atoms with Gasteiger partial charge in [-0.1, -0.05) is 6.92 Å². The van der Waals surface area contributed by atoms with Crippen LogP contribution in [0.2, 0.25) is 0 Å². The van der Waals surface area contributed by atoms with E-state index in [4.69, 9.17) is 0 Å². The minimum Gasteiger partial charge on any atom is -0.356 e. The van der Waals surface area contributed by atoms with Gasteiger partial charge in [0.2, 0.25) is 5.91 Å². The van der Waals surface area contributed by atoms with Gasteiger partial charge in [-0.2, -0.15) is 13.2 Å². The molecule has 9 heteroatoms. The number of nitrogens with one attached hydrogen (secondary N) is 2. The van der Waals surface area contributed by atoms with Gasteiger partial charge in [-0.3, -0.25) is 9.79 Å². The molecule has 1 amide bonds. The van der Waals surface area contributed by atoms with Crippen LogP contribution in [0, 0.1) is 0 Å². The fraction of sp³-hybridized carbons (Fsp3) is 0.833. The molecule has 21 heavy (non-hydrogen) atoms. The van der Waals surface area contributed by atoms with Gasteiger partial charge in [-0.15, -0.1) is 24.0 Å². The highest BCUT2D eigenvalue weighted by atomic mass is 127. The summed E-state index contributed by atoms with van der Waals surface area (Å²) in [7, 11) is 1.51. The molecule has 0 aromatic carbocycles. The number of hydrogen-bond acceptors (Lipinski definition) is 2. The maximum Gasteiger partial charge on any atom is 0.390 e. The zero-order valence-corrected chi connectivity index (χ0v) is 14.5. The van der Waals surface area contributed by atoms with Crippen LogP contribution in [-0.2, 0) is 4.79 Å². The van der Waals surface area contributed by atoms with E-state index < -0.39 is 12.6 Å². The van der Waals surface area contributed by atoms with Crippen molar-refractivity contribution in [1.29, 1.82) is 0 Å². The zero-order chi connectivity index (χ0) is 15.2. The number of aliphatic imine (C=N–C) groups is 1. The first-order valence-electron chi connectivity index (χ1n) is 6.67. The van der Waals surface area contributed by atoms with Crippen LogP contribution in [0.4, 0.5) is 13.2 Å². The summed E-state index contributed by atoms with van der Waals surface area (Å²) in [6.07, 6.45) is -3.85. The van der Waals surface area contributed by atoms with E-state index in [-0.39, 0.29) is 42.5 Å². The molecule has 1 rings (SSSR count). The van der Waals surface area contributed by atoms with Gasteiger partial charge in [0.05, 0.1) is 6.42 Å². The number of amides is 1. The van der Waals surface area contributed by atoms with E-state index in [0.29, 0.717) is 25.5 Å². The first kappa shape index (κ1) is 20.3. The molecule has 1 atom stereocenters. The van der Waals surface area contributed by atoms with E-state index in [1.165, 1.54) is 7.05 Å². The number of hydrogen-bond donors (Lipinski definition) is 2. The fourth-order valence-corrected chi connectivity index (χ4v) is 2.04. The van der Waals surface area contributed by atoms with E-state index in [1.807, 2.05) is 0 Å². The molecule has 0 saturated carbocycles. The van der Waals surface area contributed by atoms with Crippen LogP contribution in [0.5, 0.6) is 0 Å². The van der Waals surface area contributed by atoms with Crippen LogP contribution in [0.1, 0.15) is 26.2 Å². The standard InChI is InChI=1S/C12H21F3N4O.HI/c1-3-10(20)19-7-4-9(8-19)18-11(16-2)17-6-5-12(13,14)15;/h9H,3-8H2,1-2H3,(H2,16,17,18);1H. The predicted molar refractivity (Wildman–Crippen MR) is 85.9 cm³/mol. The van der Waals surface area contributed by atoms with Gasteiger partial charge in [-0.05, 0) is 6.42 Å². The van der Waals surface area contributed by atoms with E-state index in [2.05, 4.69) is 15.6 Å². The quantitative estimate of drug-likeness (QED) is 0.413. The summed E-state index contributed by atoms with van der Waals surface area (Å²) in [5.74, 6) is 0.430. The molecule has 1 unspecified atom stereocenters. The van der Waals surface area contributed by atoms with Crippen molar-refractivity contribution in [2.45, 2.75) is 38.4 Å². The van der Waals surface area contributed by atoms with Gasteiger partial charge in [-0.25, -0.2) is 0 Å². The Labute approximate surface area is 139 Å². The Hall–Kier alpha value is -0.740. The van der Waals surface area contributed by atoms with E-state index in [9.17, 15) is 18.0 Å². The van der Waals surface area contributed by atoms with Crippen LogP contribution < -0.4 is 10.6 Å². The highest BCUT2D eigenvalue weighted by molar-refractivity contribution is 14.0. The molecule has 1 fully saturated rings. The van der Waals surface area contributed by atoms with Crippen molar-refractivity contribution in [3.63, 3.8) is 0 Å². The van der Waals surface area contributed by atoms with Crippen molar-refractivity contribution in [2.75, 3.05) is 26.7 Å². The van der Waals surface area contributed by atoms with Crippen LogP contribution in [0.15, 0.2) is 4.99 Å². The van der Waals surface area contributed by atoms with Crippen molar-refractivity contribution in [1.82, 2.24) is 15.5 Å². The second-order valence-electron chi connectivity index (χ2n) is 4.69. The number of halogens is 4. The largest absolute Gasteiger partial charge is 0.390 e. The number of nitrogens with zero attached hydrogens (tertiary/aromatic N) is 2. The lowest BCUT2D eigenvalue weighted by Crippen LogP contribution is -2.45. The monoisotopic (exact) mass is 422 g/mol. The summed E-state index contributed by atoms with van der Waals surface area (Å²) in [4.78, 5) is 17.2. The normalized spacial score (nSPS) is 19.2. The van der Waals surface area contributed by atoms with Gasteiger partial charge < -0.3 is 15.5 Å². The molecule has 1 aliphatic heterocycles. The summed E-state index contributed by atoms with van der Waals surface area (Å²) in [6, 6.07) is 0.0302. The molecule has 0 radical (unpaired) electrons. The van der Waals surface area contributed by atoms with Crippen molar-refractivity contribution in [2.24, 2.45) is 4.99 Å². The minimum absolute atomic E-state index is 0. The highest BCUT2D eigenvalue weighted by Crippen LogP contribution is 2.18. The number of carbonyl (C=O) groups excluding carboxylic acids is 1. The Morgan fingerprint density at radius 3 is 2.62 bits per heavy atom. The highest BCUT2D eigenvalue weighted by Gasteiger charge is 2.28. The van der Waals surface area contributed by atoms with E-state index in [0.717, 1.165) is 6.42 Å². The molecule has 0 bridgehead atoms. The van der Waals surface area contributed by atoms with Crippen molar-refractivity contribution in [3.8, 4) is 0 Å². The molecule has 0 aromatic rings. The molecule has 124 valence electrons. The summed E-state index contributed by atoms with van der Waals surface area (Å²) in [5.41, 5.74) is 0. The van der Waals surface area contributed by atoms with E-state index in [1.54, 1.807) is 11.8 Å². The van der Waals surface area contributed by atoms with Gasteiger partial charge in [0, 0.05) is 39.1 Å². The molecule has 0 spiro atoms. The Kier molecular flexibility index (Phi) is 8.98. The van der Waals surface area contributed by atoms with E-state index >= 15 is 0 Å². The van der Waals surface area contributed by atoms with Crippen LogP contribution in [0.25, 0.3) is 0 Å². The number of guanidine groups is 1. The number of alkyl halides is 3. The lowest BCUT2D eigenvalue weighted by atomic mass is 10.3. The molecular weight excluding hydrogens is 400 g/mol. The molecule has 5 nitrogen and oxygen atoms in total. The summed E-state index contributed by atoms with van der Waals surface area (Å²) < 4.78 is 36.1. The maximum atomic E-state index is 12.0. The maximum absolute atomic E-state index is 12.0. The Morgan fingerprint density at radius 2 is 2.10 bits per heavy atom. The third-order valence-corrected chi connectivity index (χ3v) is 3.11. The SMILES string of the molecule is CCC(=O)N1CCC(NC(=NC)NCCC(F)(F)F)C1.I. The van der Waals surface area contributed by atoms with Gasteiger partial charge in [0.25, 0.3) is 0 Å². The average Bonchev–Trinajstić information content (AvgIpc) is 2.83. The van der Waals surface area contributed by atoms with Crippen LogP contribution in [-0.4, -0.2) is 55.7 Å². The Bertz CT molecular complexity index is 363. The van der Waals surface area contributed by atoms with Gasteiger partial charge in [0.1, 0.15) is 0 Å². The first-order valence-corrected chi connectivity index (χ1v) is 6.67. The summed E-state index contributed by atoms with van der Waals surface area (Å²) in [6.45, 7) is 2.82. The predicted octanol–water partition coefficient (Wildman–Crippen LogP) is 1.73. The lowest BCUT2D eigenvalue weighted by molar-refractivity contribution is -0.133. The molecule has 0 aliphatic carbocycles. The zero-order valence-electron chi connectivity index (χ0n) is 12.2. The van der Waals surface area contributed by atoms with Crippen LogP contribution >= 0.6 is 24.0 Å². The molecular formula is C12H22F3IN4O. The van der Waals surface area contributed by atoms with Crippen LogP contribution in [0.3, 0.4) is 0 Å². The summed E-state index contributed by atoms with van der Waals surface area (Å²) >= 11 is 0. The Morgan fingerprint density at radius 1 is 1.43 bits per heavy atom. The molecule has 0 aromatic heterocycles. The van der Waals surface area contributed by atoms with Crippen molar-refractivity contribution >= 4 is 35.8 Å². The second-order valence-corrected chi connectivity index (χ2v) is 4.69. The van der Waals surface area contributed by atoms with Gasteiger partial charge >= 0.3 is 6.18 Å². The molecule has 1 heterocycles. The van der Waals surface area contributed by atoms with Gasteiger partial charge in [0.15, 0.2) is 5.96 Å². The molecule has 1 aliphatic rings. The number of carbonyl (C=O) groups is 1. The topological polar surface area (TPSA) is 56.7 Å². The Balaban J connectivity index is 0.00000400. The average molecular weight is 422 g/mol. The molecule has 2 N–H and O–H groups in total. The smallest absolute Gasteiger partial charge is 0.356 e. The summed E-state index contributed by atoms with van der Waals surface area (Å²) in [5, 5.41) is 5.66. The number of likely N-dealkylation sites (tertiary alicyclic amines) is 1.